The maximum Gasteiger partial charge on any atom is 0.315 e. The number of carbonyl (C=O) groups excluding carboxylic acids is 2. The second-order valence-electron chi connectivity index (χ2n) is 8.13. The lowest BCUT2D eigenvalue weighted by Crippen LogP contribution is -2.23. The van der Waals surface area contributed by atoms with Crippen molar-refractivity contribution >= 4 is 22.5 Å². The summed E-state index contributed by atoms with van der Waals surface area (Å²) in [6.45, 7) is 2.18. The van der Waals surface area contributed by atoms with E-state index in [2.05, 4.69) is 4.98 Å². The van der Waals surface area contributed by atoms with Gasteiger partial charge in [0.15, 0.2) is 0 Å². The predicted molar refractivity (Wildman–Crippen MR) is 129 cm³/mol. The van der Waals surface area contributed by atoms with Gasteiger partial charge in [-0.3, -0.25) is 14.6 Å². The Labute approximate surface area is 193 Å². The first-order valence-corrected chi connectivity index (χ1v) is 10.9. The minimum Gasteiger partial charge on any atom is -0.426 e. The first-order chi connectivity index (χ1) is 16.0. The van der Waals surface area contributed by atoms with E-state index in [9.17, 15) is 9.59 Å². The van der Waals surface area contributed by atoms with Gasteiger partial charge in [0.25, 0.3) is 0 Å². The van der Waals surface area contributed by atoms with Gasteiger partial charge < -0.3 is 10.5 Å². The topological polar surface area (TPSA) is 82.3 Å². The minimum absolute atomic E-state index is 0.0511. The van der Waals surface area contributed by atoms with Crippen LogP contribution >= 0.6 is 0 Å². The number of ether oxygens (including phenoxy) is 1. The number of nitrogens with two attached hydrogens (primary N) is 1. The number of pyridine rings is 1. The third-order valence-corrected chi connectivity index (χ3v) is 5.82. The Bertz CT molecular complexity index is 1280. The molecule has 1 atom stereocenters. The van der Waals surface area contributed by atoms with Gasteiger partial charge in [-0.25, -0.2) is 0 Å². The number of carbonyl (C=O) groups is 2. The standard InChI is InChI=1S/C28H26N2O3/c1-19-4-2-3-5-22(19)16-28(32)33-25-10-8-21(9-11-25)26(17-29)27(31)15-20-6-7-24-18-30-13-12-23(24)14-20/h2-14,18,26H,15-17,29H2,1H3. The predicted octanol–water partition coefficient (Wildman–Crippen LogP) is 4.55. The average molecular weight is 439 g/mol. The molecule has 0 saturated heterocycles. The van der Waals surface area contributed by atoms with Gasteiger partial charge in [0, 0.05) is 30.7 Å². The molecule has 33 heavy (non-hydrogen) atoms. The van der Waals surface area contributed by atoms with E-state index in [1.165, 1.54) is 0 Å². The molecule has 0 amide bonds. The van der Waals surface area contributed by atoms with Crippen LogP contribution in [0.25, 0.3) is 10.8 Å². The van der Waals surface area contributed by atoms with Crippen molar-refractivity contribution in [1.82, 2.24) is 4.98 Å². The summed E-state index contributed by atoms with van der Waals surface area (Å²) in [4.78, 5) is 29.4. The van der Waals surface area contributed by atoms with E-state index in [1.54, 1.807) is 36.7 Å². The zero-order valence-electron chi connectivity index (χ0n) is 18.5. The average Bonchev–Trinajstić information content (AvgIpc) is 2.82. The first-order valence-electron chi connectivity index (χ1n) is 10.9. The van der Waals surface area contributed by atoms with Gasteiger partial charge in [0.1, 0.15) is 11.5 Å². The number of benzene rings is 3. The normalized spacial score (nSPS) is 11.8. The van der Waals surface area contributed by atoms with Crippen molar-refractivity contribution in [2.45, 2.75) is 25.7 Å². The smallest absolute Gasteiger partial charge is 0.315 e. The van der Waals surface area contributed by atoms with Crippen LogP contribution in [0.1, 0.15) is 28.2 Å². The van der Waals surface area contributed by atoms with Crippen molar-refractivity contribution in [2.24, 2.45) is 5.73 Å². The van der Waals surface area contributed by atoms with Gasteiger partial charge in [0.05, 0.1) is 12.3 Å². The van der Waals surface area contributed by atoms with Crippen LogP contribution in [0.2, 0.25) is 0 Å². The highest BCUT2D eigenvalue weighted by atomic mass is 16.5. The summed E-state index contributed by atoms with van der Waals surface area (Å²) in [6.07, 6.45) is 4.05. The van der Waals surface area contributed by atoms with E-state index >= 15 is 0 Å². The fraction of sp³-hybridized carbons (Fsp3) is 0.179. The molecule has 166 valence electrons. The van der Waals surface area contributed by atoms with E-state index in [4.69, 9.17) is 10.5 Å². The molecule has 1 heterocycles. The summed E-state index contributed by atoms with van der Waals surface area (Å²) in [5.41, 5.74) is 9.70. The minimum atomic E-state index is -0.421. The van der Waals surface area contributed by atoms with E-state index < -0.39 is 5.92 Å². The number of rotatable bonds is 8. The molecule has 0 saturated carbocycles. The highest BCUT2D eigenvalue weighted by Gasteiger charge is 2.20. The molecule has 0 bridgehead atoms. The molecule has 1 unspecified atom stereocenters. The third-order valence-electron chi connectivity index (χ3n) is 5.82. The molecule has 2 N–H and O–H groups in total. The van der Waals surface area contributed by atoms with E-state index in [-0.39, 0.29) is 24.7 Å². The molecule has 1 aromatic heterocycles. The summed E-state index contributed by atoms with van der Waals surface area (Å²) < 4.78 is 5.48. The molecule has 4 rings (SSSR count). The lowest BCUT2D eigenvalue weighted by atomic mass is 9.90. The molecule has 0 radical (unpaired) electrons. The van der Waals surface area contributed by atoms with Crippen molar-refractivity contribution in [3.05, 3.63) is 107 Å². The quantitative estimate of drug-likeness (QED) is 0.322. The van der Waals surface area contributed by atoms with Crippen LogP contribution < -0.4 is 10.5 Å². The van der Waals surface area contributed by atoms with Gasteiger partial charge in [-0.1, -0.05) is 54.6 Å². The largest absolute Gasteiger partial charge is 0.426 e. The van der Waals surface area contributed by atoms with Crippen LogP contribution in [0.4, 0.5) is 0 Å². The van der Waals surface area contributed by atoms with Gasteiger partial charge in [-0.15, -0.1) is 0 Å². The molecule has 0 aliphatic heterocycles. The van der Waals surface area contributed by atoms with Gasteiger partial charge in [-0.2, -0.15) is 0 Å². The lowest BCUT2D eigenvalue weighted by molar-refractivity contribution is -0.133. The van der Waals surface area contributed by atoms with Crippen LogP contribution in [0.3, 0.4) is 0 Å². The van der Waals surface area contributed by atoms with Gasteiger partial charge in [0.2, 0.25) is 0 Å². The molecule has 0 fully saturated rings. The molecule has 4 aromatic rings. The summed E-state index contributed by atoms with van der Waals surface area (Å²) in [6, 6.07) is 22.6. The Kier molecular flexibility index (Phi) is 6.91. The number of aryl methyl sites for hydroxylation is 1. The summed E-state index contributed by atoms with van der Waals surface area (Å²) in [5, 5.41) is 2.09. The Morgan fingerprint density at radius 2 is 1.73 bits per heavy atom. The highest BCUT2D eigenvalue weighted by Crippen LogP contribution is 2.23. The van der Waals surface area contributed by atoms with Crippen molar-refractivity contribution in [2.75, 3.05) is 6.54 Å². The molecule has 0 aliphatic rings. The molecular weight excluding hydrogens is 412 g/mol. The number of Topliss-reactive ketones (excluding diaryl/α,β-unsaturated/α-hetero) is 1. The van der Waals surface area contributed by atoms with Crippen molar-refractivity contribution in [3.63, 3.8) is 0 Å². The monoisotopic (exact) mass is 438 g/mol. The molecule has 5 nitrogen and oxygen atoms in total. The first kappa shape index (κ1) is 22.4. The number of fused-ring (bicyclic) bond motifs is 1. The van der Waals surface area contributed by atoms with Crippen molar-refractivity contribution in [3.8, 4) is 5.75 Å². The Balaban J connectivity index is 1.41. The number of hydrogen-bond donors (Lipinski definition) is 1. The molecular formula is C28H26N2O3. The van der Waals surface area contributed by atoms with Gasteiger partial charge >= 0.3 is 5.97 Å². The molecule has 5 heteroatoms. The summed E-state index contributed by atoms with van der Waals surface area (Å²) in [7, 11) is 0. The summed E-state index contributed by atoms with van der Waals surface area (Å²) >= 11 is 0. The SMILES string of the molecule is Cc1ccccc1CC(=O)Oc1ccc(C(CN)C(=O)Cc2ccc3cnccc3c2)cc1. The van der Waals surface area contributed by atoms with Crippen LogP contribution in [0.5, 0.6) is 5.75 Å². The van der Waals surface area contributed by atoms with Crippen LogP contribution in [0.15, 0.2) is 85.2 Å². The highest BCUT2D eigenvalue weighted by molar-refractivity contribution is 5.89. The molecule has 3 aromatic carbocycles. The zero-order chi connectivity index (χ0) is 23.2. The van der Waals surface area contributed by atoms with Crippen molar-refractivity contribution < 1.29 is 14.3 Å². The second kappa shape index (κ2) is 10.2. The maximum absolute atomic E-state index is 13.0. The number of ketones is 1. The fourth-order valence-corrected chi connectivity index (χ4v) is 3.92. The number of nitrogens with zero attached hydrogens (tertiary/aromatic N) is 1. The Hall–Kier alpha value is -3.83. The van der Waals surface area contributed by atoms with E-state index in [1.807, 2.05) is 55.5 Å². The van der Waals surface area contributed by atoms with E-state index in [0.29, 0.717) is 12.2 Å². The van der Waals surface area contributed by atoms with Gasteiger partial charge in [-0.05, 0) is 52.8 Å². The molecule has 0 spiro atoms. The zero-order valence-corrected chi connectivity index (χ0v) is 18.5. The summed E-state index contributed by atoms with van der Waals surface area (Å²) in [5.74, 6) is -0.247. The second-order valence-corrected chi connectivity index (χ2v) is 8.13. The number of hydrogen-bond acceptors (Lipinski definition) is 5. The van der Waals surface area contributed by atoms with Crippen molar-refractivity contribution in [1.29, 1.82) is 0 Å². The number of esters is 1. The lowest BCUT2D eigenvalue weighted by Gasteiger charge is -2.15. The Morgan fingerprint density at radius 1 is 0.939 bits per heavy atom. The third kappa shape index (κ3) is 5.51. The maximum atomic E-state index is 13.0. The van der Waals surface area contributed by atoms with Crippen LogP contribution in [-0.4, -0.2) is 23.3 Å². The fourth-order valence-electron chi connectivity index (χ4n) is 3.92. The van der Waals surface area contributed by atoms with Crippen LogP contribution in [-0.2, 0) is 22.4 Å². The molecule has 0 aliphatic carbocycles. The van der Waals surface area contributed by atoms with Crippen LogP contribution in [0, 0.1) is 6.92 Å². The number of aromatic nitrogens is 1. The Morgan fingerprint density at radius 3 is 2.48 bits per heavy atom. The van der Waals surface area contributed by atoms with E-state index in [0.717, 1.165) is 33.0 Å².